The molecule has 0 aliphatic carbocycles. The molecule has 2 rings (SSSR count). The summed E-state index contributed by atoms with van der Waals surface area (Å²) >= 11 is 1.23. The van der Waals surface area contributed by atoms with Gasteiger partial charge in [-0.1, -0.05) is 26.7 Å². The molecule has 0 aliphatic rings. The fraction of sp³-hybridized carbons (Fsp3) is 0.667. The minimum Gasteiger partial charge on any atom is -0.462 e. The largest absolute Gasteiger partial charge is 0.462 e. The van der Waals surface area contributed by atoms with Crippen LogP contribution in [0.25, 0.3) is 10.2 Å². The Labute approximate surface area is 171 Å². The van der Waals surface area contributed by atoms with Gasteiger partial charge in [0, 0.05) is 6.54 Å². The molecule has 0 unspecified atom stereocenters. The molecule has 156 valence electrons. The first kappa shape index (κ1) is 22.6. The predicted molar refractivity (Wildman–Crippen MR) is 115 cm³/mol. The number of nitrogens with zero attached hydrogens (tertiary/aromatic N) is 3. The Bertz CT molecular complexity index is 820. The van der Waals surface area contributed by atoms with Crippen LogP contribution in [0.15, 0.2) is 11.1 Å². The molecular weight excluding hydrogens is 374 g/mol. The minimum atomic E-state index is -0.378. The molecule has 6 nitrogen and oxygen atoms in total. The van der Waals surface area contributed by atoms with E-state index in [1.54, 1.807) is 24.7 Å². The monoisotopic (exact) mass is 407 g/mol. The number of unbranched alkanes of at least 4 members (excludes halogenated alkanes) is 2. The summed E-state index contributed by atoms with van der Waals surface area (Å²) in [5.41, 5.74) is 0.612. The summed E-state index contributed by atoms with van der Waals surface area (Å²) in [7, 11) is 0. The molecule has 0 aliphatic heterocycles. The van der Waals surface area contributed by atoms with Crippen molar-refractivity contribution >= 4 is 27.5 Å². The number of thiophene rings is 1. The van der Waals surface area contributed by atoms with Crippen molar-refractivity contribution in [2.75, 3.05) is 26.2 Å². The van der Waals surface area contributed by atoms with Crippen molar-refractivity contribution in [3.8, 4) is 0 Å². The van der Waals surface area contributed by atoms with Gasteiger partial charge in [-0.15, -0.1) is 11.3 Å². The van der Waals surface area contributed by atoms with Gasteiger partial charge < -0.3 is 9.64 Å². The number of aryl methyl sites for hydroxylation is 2. The third-order valence-corrected chi connectivity index (χ3v) is 6.09. The smallest absolute Gasteiger partial charge is 0.348 e. The highest BCUT2D eigenvalue weighted by Crippen LogP contribution is 2.27. The summed E-state index contributed by atoms with van der Waals surface area (Å²) in [5, 5.41) is 0.546. The average Bonchev–Trinajstić information content (AvgIpc) is 3.02. The molecular formula is C21H33N3O3S. The van der Waals surface area contributed by atoms with Crippen molar-refractivity contribution in [1.82, 2.24) is 14.5 Å². The maximum absolute atomic E-state index is 12.9. The van der Waals surface area contributed by atoms with E-state index < -0.39 is 0 Å². The number of ether oxygens (including phenoxy) is 1. The molecule has 0 aromatic carbocycles. The summed E-state index contributed by atoms with van der Waals surface area (Å²) in [6, 6.07) is 0. The average molecular weight is 408 g/mol. The predicted octanol–water partition coefficient (Wildman–Crippen LogP) is 4.24. The molecule has 2 heterocycles. The number of aromatic nitrogens is 2. The molecule has 28 heavy (non-hydrogen) atoms. The van der Waals surface area contributed by atoms with E-state index in [1.165, 1.54) is 37.0 Å². The first-order valence-electron chi connectivity index (χ1n) is 10.4. The van der Waals surface area contributed by atoms with Crippen LogP contribution in [0.4, 0.5) is 0 Å². The fourth-order valence-electron chi connectivity index (χ4n) is 3.27. The van der Waals surface area contributed by atoms with Crippen LogP contribution in [-0.4, -0.2) is 46.7 Å². The number of hydrogen-bond donors (Lipinski definition) is 0. The normalized spacial score (nSPS) is 11.5. The molecule has 0 atom stereocenters. The van der Waals surface area contributed by atoms with E-state index in [9.17, 15) is 9.59 Å². The molecule has 2 aromatic heterocycles. The van der Waals surface area contributed by atoms with Gasteiger partial charge >= 0.3 is 5.97 Å². The molecule has 0 amide bonds. The fourth-order valence-corrected chi connectivity index (χ4v) is 4.31. The van der Waals surface area contributed by atoms with Crippen LogP contribution in [0.2, 0.25) is 0 Å². The van der Waals surface area contributed by atoms with Gasteiger partial charge in [-0.3, -0.25) is 9.36 Å². The molecule has 0 bridgehead atoms. The highest BCUT2D eigenvalue weighted by molar-refractivity contribution is 7.20. The Kier molecular flexibility index (Phi) is 9.12. The summed E-state index contributed by atoms with van der Waals surface area (Å²) in [4.78, 5) is 33.0. The number of carbonyl (C=O) groups excluding carboxylic acids is 1. The second-order valence-electron chi connectivity index (χ2n) is 7.10. The number of hydrogen-bond acceptors (Lipinski definition) is 6. The molecule has 0 radical (unpaired) electrons. The zero-order chi connectivity index (χ0) is 20.5. The summed E-state index contributed by atoms with van der Waals surface area (Å²) < 4.78 is 6.77. The Balaban J connectivity index is 2.10. The first-order chi connectivity index (χ1) is 13.5. The van der Waals surface area contributed by atoms with Gasteiger partial charge in [0.1, 0.15) is 9.71 Å². The number of carbonyl (C=O) groups is 1. The highest BCUT2D eigenvalue weighted by Gasteiger charge is 2.20. The van der Waals surface area contributed by atoms with Crippen LogP contribution < -0.4 is 5.56 Å². The van der Waals surface area contributed by atoms with E-state index in [-0.39, 0.29) is 11.5 Å². The maximum atomic E-state index is 12.9. The van der Waals surface area contributed by atoms with Crippen LogP contribution in [0.1, 0.15) is 68.1 Å². The summed E-state index contributed by atoms with van der Waals surface area (Å²) in [6.07, 6.45) is 7.34. The highest BCUT2D eigenvalue weighted by atomic mass is 32.1. The van der Waals surface area contributed by atoms with Crippen LogP contribution in [0.5, 0.6) is 0 Å². The molecule has 0 saturated heterocycles. The molecule has 0 spiro atoms. The minimum absolute atomic E-state index is 0.0667. The first-order valence-corrected chi connectivity index (χ1v) is 11.2. The Morgan fingerprint density at radius 1 is 1.14 bits per heavy atom. The third-order valence-electron chi connectivity index (χ3n) is 4.91. The van der Waals surface area contributed by atoms with Crippen LogP contribution in [0, 0.1) is 6.92 Å². The van der Waals surface area contributed by atoms with Gasteiger partial charge in [0.15, 0.2) is 0 Å². The molecule has 2 aromatic rings. The molecule has 0 saturated carbocycles. The second kappa shape index (κ2) is 11.3. The van der Waals surface area contributed by atoms with Crippen LogP contribution in [0.3, 0.4) is 0 Å². The van der Waals surface area contributed by atoms with Gasteiger partial charge in [0.2, 0.25) is 0 Å². The second-order valence-corrected chi connectivity index (χ2v) is 8.10. The maximum Gasteiger partial charge on any atom is 0.348 e. The van der Waals surface area contributed by atoms with E-state index >= 15 is 0 Å². The van der Waals surface area contributed by atoms with Crippen LogP contribution >= 0.6 is 11.3 Å². The standard InChI is InChI=1S/C21H33N3O3S/c1-5-8-11-23(12-9-6-2)13-10-14-24-15-22-19-17(20(24)25)16(4)18(28-19)21(26)27-7-3/h15H,5-14H2,1-4H3. The van der Waals surface area contributed by atoms with Crippen molar-refractivity contribution in [3.63, 3.8) is 0 Å². The Morgan fingerprint density at radius 3 is 2.39 bits per heavy atom. The van der Waals surface area contributed by atoms with E-state index in [0.29, 0.717) is 33.8 Å². The number of esters is 1. The number of fused-ring (bicyclic) bond motifs is 1. The summed E-state index contributed by atoms with van der Waals surface area (Å²) in [6.45, 7) is 12.2. The zero-order valence-electron chi connectivity index (χ0n) is 17.6. The molecule has 7 heteroatoms. The van der Waals surface area contributed by atoms with E-state index in [2.05, 4.69) is 23.7 Å². The van der Waals surface area contributed by atoms with Crippen molar-refractivity contribution in [2.45, 2.75) is 66.3 Å². The quantitative estimate of drug-likeness (QED) is 0.493. The third kappa shape index (κ3) is 5.64. The van der Waals surface area contributed by atoms with Gasteiger partial charge in [-0.2, -0.15) is 0 Å². The van der Waals surface area contributed by atoms with Crippen molar-refractivity contribution < 1.29 is 9.53 Å². The van der Waals surface area contributed by atoms with E-state index in [1.807, 2.05) is 0 Å². The van der Waals surface area contributed by atoms with Crippen LogP contribution in [-0.2, 0) is 11.3 Å². The van der Waals surface area contributed by atoms with Crippen molar-refractivity contribution in [3.05, 3.63) is 27.1 Å². The number of rotatable bonds is 12. The van der Waals surface area contributed by atoms with E-state index in [0.717, 1.165) is 26.1 Å². The summed E-state index contributed by atoms with van der Waals surface area (Å²) in [5.74, 6) is -0.378. The van der Waals surface area contributed by atoms with Gasteiger partial charge in [0.25, 0.3) is 5.56 Å². The lowest BCUT2D eigenvalue weighted by Gasteiger charge is -2.22. The lowest BCUT2D eigenvalue weighted by atomic mass is 10.2. The zero-order valence-corrected chi connectivity index (χ0v) is 18.4. The van der Waals surface area contributed by atoms with Crippen molar-refractivity contribution in [2.24, 2.45) is 0 Å². The van der Waals surface area contributed by atoms with Crippen molar-refractivity contribution in [1.29, 1.82) is 0 Å². The van der Waals surface area contributed by atoms with E-state index in [4.69, 9.17) is 4.74 Å². The lowest BCUT2D eigenvalue weighted by molar-refractivity contribution is 0.0531. The topological polar surface area (TPSA) is 64.4 Å². The Hall–Kier alpha value is -1.73. The van der Waals surface area contributed by atoms with Gasteiger partial charge in [-0.25, -0.2) is 9.78 Å². The lowest BCUT2D eigenvalue weighted by Crippen LogP contribution is -2.29. The van der Waals surface area contributed by atoms with Gasteiger partial charge in [-0.05, 0) is 58.3 Å². The molecule has 0 fully saturated rings. The van der Waals surface area contributed by atoms with Gasteiger partial charge in [0.05, 0.1) is 18.3 Å². The SMILES string of the molecule is CCCCN(CCCC)CCCn1cnc2sc(C(=O)OCC)c(C)c2c1=O. The Morgan fingerprint density at radius 2 is 1.79 bits per heavy atom. The molecule has 0 N–H and O–H groups in total.